The first-order valence-electron chi connectivity index (χ1n) is 19.0. The van der Waals surface area contributed by atoms with Crippen molar-refractivity contribution in [3.05, 3.63) is 168 Å². The number of phenols is 1. The van der Waals surface area contributed by atoms with Gasteiger partial charge in [0.15, 0.2) is 0 Å². The SMILES string of the molecule is [2H]C(C)(C)c1cc(-n2c(-c3ccccc3O)nc3c(-c4[c-]c(-c5cc(-c6ccc(C)cc6)ccn5)cc(C(C)(C)C)c4)cccc32)ccc1-c1ccccc1.[Pt]. The van der Waals surface area contributed by atoms with Crippen LogP contribution in [0.3, 0.4) is 0 Å². The molecule has 5 heteroatoms. The number of aryl methyl sites for hydroxylation is 1. The summed E-state index contributed by atoms with van der Waals surface area (Å²) in [7, 11) is 0. The van der Waals surface area contributed by atoms with E-state index in [-0.39, 0.29) is 32.2 Å². The number of benzene rings is 6. The van der Waals surface area contributed by atoms with E-state index in [1.54, 1.807) is 6.07 Å². The smallest absolute Gasteiger partial charge is 0.148 e. The molecule has 2 aromatic heterocycles. The number of aromatic nitrogens is 3. The molecule has 0 amide bonds. The summed E-state index contributed by atoms with van der Waals surface area (Å²) in [6.07, 6.45) is 1.87. The molecule has 4 nitrogen and oxygen atoms in total. The van der Waals surface area contributed by atoms with Gasteiger partial charge in [-0.2, -0.15) is 0 Å². The molecule has 0 saturated heterocycles. The normalized spacial score (nSPS) is 12.0. The maximum absolute atomic E-state index is 11.2. The summed E-state index contributed by atoms with van der Waals surface area (Å²) in [5.41, 5.74) is 14.2. The van der Waals surface area contributed by atoms with Gasteiger partial charge in [0.2, 0.25) is 0 Å². The Morgan fingerprint density at radius 1 is 0.691 bits per heavy atom. The molecule has 0 radical (unpaired) electrons. The van der Waals surface area contributed by atoms with Crippen molar-refractivity contribution in [2.45, 2.75) is 52.9 Å². The van der Waals surface area contributed by atoms with Crippen LogP contribution in [0.2, 0.25) is 0 Å². The fourth-order valence-corrected chi connectivity index (χ4v) is 7.17. The minimum Gasteiger partial charge on any atom is -0.507 e. The van der Waals surface area contributed by atoms with Crippen molar-refractivity contribution in [1.82, 2.24) is 14.5 Å². The number of hydrogen-bond donors (Lipinski definition) is 1. The maximum atomic E-state index is 11.2. The van der Waals surface area contributed by atoms with Gasteiger partial charge in [-0.05, 0) is 82.4 Å². The number of nitrogens with zero attached hydrogens (tertiary/aromatic N) is 3. The van der Waals surface area contributed by atoms with Crippen molar-refractivity contribution in [3.8, 4) is 67.5 Å². The van der Waals surface area contributed by atoms with Crippen LogP contribution in [0.5, 0.6) is 5.75 Å². The van der Waals surface area contributed by atoms with Crippen LogP contribution in [-0.2, 0) is 26.5 Å². The van der Waals surface area contributed by atoms with Gasteiger partial charge in [-0.1, -0.05) is 142 Å². The van der Waals surface area contributed by atoms with Gasteiger partial charge < -0.3 is 5.11 Å². The molecule has 0 aliphatic rings. The fourth-order valence-electron chi connectivity index (χ4n) is 7.17. The molecule has 0 aliphatic heterocycles. The zero-order chi connectivity index (χ0) is 38.5. The molecule has 0 fully saturated rings. The van der Waals surface area contributed by atoms with Crippen molar-refractivity contribution >= 4 is 11.0 Å². The molecule has 0 unspecified atom stereocenters. The van der Waals surface area contributed by atoms with E-state index in [4.69, 9.17) is 9.97 Å². The van der Waals surface area contributed by atoms with Crippen molar-refractivity contribution < 1.29 is 27.5 Å². The molecule has 6 aromatic carbocycles. The van der Waals surface area contributed by atoms with Gasteiger partial charge >= 0.3 is 0 Å². The van der Waals surface area contributed by atoms with Gasteiger partial charge in [0.1, 0.15) is 11.6 Å². The summed E-state index contributed by atoms with van der Waals surface area (Å²) in [6.45, 7) is 12.6. The zero-order valence-corrected chi connectivity index (χ0v) is 34.2. The fraction of sp³-hybridized carbons (Fsp3) is 0.160. The first-order valence-corrected chi connectivity index (χ1v) is 18.5. The van der Waals surface area contributed by atoms with Crippen LogP contribution in [0, 0.1) is 13.0 Å². The summed E-state index contributed by atoms with van der Waals surface area (Å²) >= 11 is 0. The first kappa shape index (κ1) is 36.4. The molecule has 276 valence electrons. The third-order valence-corrected chi connectivity index (χ3v) is 10.2. The van der Waals surface area contributed by atoms with Crippen LogP contribution >= 0.6 is 0 Å². The Hall–Kier alpha value is -5.57. The molecule has 0 spiro atoms. The molecule has 0 aliphatic carbocycles. The Labute approximate surface area is 340 Å². The van der Waals surface area contributed by atoms with Crippen LogP contribution in [0.25, 0.3) is 72.7 Å². The molecule has 55 heavy (non-hydrogen) atoms. The van der Waals surface area contributed by atoms with Gasteiger partial charge in [0, 0.05) is 40.0 Å². The van der Waals surface area contributed by atoms with Crippen LogP contribution in [0.1, 0.15) is 58.6 Å². The second-order valence-electron chi connectivity index (χ2n) is 15.3. The summed E-state index contributed by atoms with van der Waals surface area (Å²) in [5.74, 6) is -0.131. The van der Waals surface area contributed by atoms with Crippen molar-refractivity contribution in [1.29, 1.82) is 0 Å². The third kappa shape index (κ3) is 7.44. The average Bonchev–Trinajstić information content (AvgIpc) is 3.57. The molecule has 0 bridgehead atoms. The topological polar surface area (TPSA) is 50.9 Å². The van der Waals surface area contributed by atoms with Crippen LogP contribution < -0.4 is 0 Å². The molecule has 2 heterocycles. The number of para-hydroxylation sites is 2. The Kier molecular flexibility index (Phi) is 10.1. The number of rotatable bonds is 7. The number of pyridine rings is 1. The van der Waals surface area contributed by atoms with E-state index in [1.165, 1.54) is 5.56 Å². The van der Waals surface area contributed by atoms with Crippen LogP contribution in [-0.4, -0.2) is 19.6 Å². The monoisotopic (exact) mass is 898 g/mol. The molecule has 0 saturated carbocycles. The molecule has 8 aromatic rings. The van der Waals surface area contributed by atoms with E-state index in [9.17, 15) is 6.48 Å². The van der Waals surface area contributed by atoms with Gasteiger partial charge in [0.05, 0.1) is 16.6 Å². The van der Waals surface area contributed by atoms with Gasteiger partial charge in [-0.15, -0.1) is 29.3 Å². The predicted octanol–water partition coefficient (Wildman–Crippen LogP) is 13.0. The van der Waals surface area contributed by atoms with Crippen molar-refractivity contribution in [2.75, 3.05) is 0 Å². The number of phenolic OH excluding ortho intramolecular Hbond substituents is 1. The number of fused-ring (bicyclic) bond motifs is 1. The van der Waals surface area contributed by atoms with Crippen molar-refractivity contribution in [2.24, 2.45) is 0 Å². The molecule has 1 N–H and O–H groups in total. The predicted molar refractivity (Wildman–Crippen MR) is 224 cm³/mol. The summed E-state index contributed by atoms with van der Waals surface area (Å²) in [6, 6.07) is 51.0. The van der Waals surface area contributed by atoms with E-state index in [0.29, 0.717) is 11.4 Å². The number of hydrogen-bond acceptors (Lipinski definition) is 3. The largest absolute Gasteiger partial charge is 0.507 e. The zero-order valence-electron chi connectivity index (χ0n) is 33.0. The summed E-state index contributed by atoms with van der Waals surface area (Å²) in [5, 5.41) is 11.2. The summed E-state index contributed by atoms with van der Waals surface area (Å²) in [4.78, 5) is 10.2. The van der Waals surface area contributed by atoms with E-state index < -0.39 is 5.89 Å². The van der Waals surface area contributed by atoms with Crippen molar-refractivity contribution in [3.63, 3.8) is 0 Å². The van der Waals surface area contributed by atoms with Crippen LogP contribution in [0.15, 0.2) is 146 Å². The van der Waals surface area contributed by atoms with E-state index >= 15 is 0 Å². The van der Waals surface area contributed by atoms with E-state index in [2.05, 4.69) is 135 Å². The first-order chi connectivity index (χ1) is 26.3. The number of aromatic hydroxyl groups is 1. The third-order valence-electron chi connectivity index (χ3n) is 10.2. The van der Waals surface area contributed by atoms with E-state index in [1.807, 2.05) is 56.4 Å². The minimum atomic E-state index is -0.888. The second-order valence-corrected chi connectivity index (χ2v) is 15.3. The molecular weight excluding hydrogens is 854 g/mol. The Morgan fingerprint density at radius 2 is 1.40 bits per heavy atom. The van der Waals surface area contributed by atoms with Gasteiger partial charge in [-0.3, -0.25) is 9.55 Å². The average molecular weight is 899 g/mol. The Morgan fingerprint density at radius 3 is 2.13 bits per heavy atom. The molecule has 0 atom stereocenters. The minimum absolute atomic E-state index is 0. The second kappa shape index (κ2) is 15.3. The van der Waals surface area contributed by atoms with Crippen LogP contribution in [0.4, 0.5) is 0 Å². The Bertz CT molecular complexity index is 2690. The molecule has 8 rings (SSSR count). The quantitative estimate of drug-likeness (QED) is 0.162. The van der Waals surface area contributed by atoms with Gasteiger partial charge in [-0.25, -0.2) is 4.98 Å². The van der Waals surface area contributed by atoms with E-state index in [0.717, 1.165) is 72.5 Å². The standard InChI is InChI=1S/C50H44N3O.Pt/c1-32(2)44-31-40(23-24-41(44)35-13-8-7-9-14-35)53-46-17-12-16-42(48(46)52-49(53)43-15-10-11-18-47(43)54)37-27-38(29-39(28-37)50(4,5)6)45-30-36(25-26-51-45)34-21-19-33(3)20-22-34;/h7-26,28-32,54H,1-6H3;/q-1;/i32D;. The summed E-state index contributed by atoms with van der Waals surface area (Å²) < 4.78 is 11.3. The van der Waals surface area contributed by atoms with Gasteiger partial charge in [0.25, 0.3) is 0 Å². The molecular formula is C50H44N3OPt-. The Balaban J connectivity index is 0.00000480. The number of imidazole rings is 1. The maximum Gasteiger partial charge on any atom is 0.148 e.